The van der Waals surface area contributed by atoms with E-state index in [-0.39, 0.29) is 24.2 Å². The van der Waals surface area contributed by atoms with E-state index in [9.17, 15) is 9.59 Å². The number of nitrogens with zero attached hydrogens (tertiary/aromatic N) is 1. The van der Waals surface area contributed by atoms with Gasteiger partial charge in [0.2, 0.25) is 5.91 Å². The minimum Gasteiger partial charge on any atom is -0.469 e. The summed E-state index contributed by atoms with van der Waals surface area (Å²) in [6.07, 6.45) is 3.03. The lowest BCUT2D eigenvalue weighted by atomic mass is 10.1. The quantitative estimate of drug-likeness (QED) is 0.871. The SMILES string of the molecule is COC(=O)[C@@H]1CC(=O)N(CCc2c[nH]c3ccccc23)C1. The van der Waals surface area contributed by atoms with Gasteiger partial charge in [0.25, 0.3) is 0 Å². The van der Waals surface area contributed by atoms with E-state index in [0.29, 0.717) is 13.1 Å². The predicted molar refractivity (Wildman–Crippen MR) is 78.7 cm³/mol. The molecule has 1 aliphatic heterocycles. The Kier molecular flexibility index (Phi) is 3.64. The summed E-state index contributed by atoms with van der Waals surface area (Å²) < 4.78 is 4.72. The van der Waals surface area contributed by atoms with Gasteiger partial charge in [0.1, 0.15) is 0 Å². The number of nitrogens with one attached hydrogen (secondary N) is 1. The molecule has 0 saturated carbocycles. The van der Waals surface area contributed by atoms with Crippen molar-refractivity contribution in [3.63, 3.8) is 0 Å². The highest BCUT2D eigenvalue weighted by Gasteiger charge is 2.34. The molecule has 5 heteroatoms. The van der Waals surface area contributed by atoms with Crippen LogP contribution in [-0.2, 0) is 20.7 Å². The molecule has 0 spiro atoms. The summed E-state index contributed by atoms with van der Waals surface area (Å²) in [5.74, 6) is -0.575. The molecule has 5 nitrogen and oxygen atoms in total. The van der Waals surface area contributed by atoms with Gasteiger partial charge in [0.15, 0.2) is 0 Å². The Balaban J connectivity index is 1.65. The molecule has 0 bridgehead atoms. The molecular weight excluding hydrogens is 268 g/mol. The molecule has 1 atom stereocenters. The van der Waals surface area contributed by atoms with Crippen LogP contribution in [0.3, 0.4) is 0 Å². The average Bonchev–Trinajstić information content (AvgIpc) is 3.08. The first-order valence-corrected chi connectivity index (χ1v) is 7.09. The largest absolute Gasteiger partial charge is 0.469 e. The molecule has 0 radical (unpaired) electrons. The molecular formula is C16H18N2O3. The van der Waals surface area contributed by atoms with Crippen LogP contribution in [0.4, 0.5) is 0 Å². The molecule has 21 heavy (non-hydrogen) atoms. The molecule has 0 unspecified atom stereocenters. The van der Waals surface area contributed by atoms with E-state index in [1.807, 2.05) is 24.4 Å². The van der Waals surface area contributed by atoms with E-state index < -0.39 is 0 Å². The number of hydrogen-bond acceptors (Lipinski definition) is 3. The van der Waals surface area contributed by atoms with Crippen LogP contribution >= 0.6 is 0 Å². The van der Waals surface area contributed by atoms with Gasteiger partial charge in [-0.2, -0.15) is 0 Å². The number of H-pyrrole nitrogens is 1. The number of esters is 1. The number of ether oxygens (including phenoxy) is 1. The van der Waals surface area contributed by atoms with Gasteiger partial charge in [0.05, 0.1) is 13.0 Å². The summed E-state index contributed by atoms with van der Waals surface area (Å²) in [4.78, 5) is 28.4. The van der Waals surface area contributed by atoms with Crippen molar-refractivity contribution in [2.45, 2.75) is 12.8 Å². The lowest BCUT2D eigenvalue weighted by Gasteiger charge is -2.15. The minimum atomic E-state index is -0.314. The van der Waals surface area contributed by atoms with Gasteiger partial charge < -0.3 is 14.6 Å². The third kappa shape index (κ3) is 2.63. The fourth-order valence-electron chi connectivity index (χ4n) is 2.91. The fraction of sp³-hybridized carbons (Fsp3) is 0.375. The molecule has 2 aromatic rings. The number of carbonyl (C=O) groups excluding carboxylic acids is 2. The second kappa shape index (κ2) is 5.60. The Morgan fingerprint density at radius 2 is 2.24 bits per heavy atom. The van der Waals surface area contributed by atoms with Gasteiger partial charge in [-0.25, -0.2) is 0 Å². The zero-order chi connectivity index (χ0) is 14.8. The number of hydrogen-bond donors (Lipinski definition) is 1. The lowest BCUT2D eigenvalue weighted by molar-refractivity contribution is -0.145. The van der Waals surface area contributed by atoms with Crippen molar-refractivity contribution in [2.24, 2.45) is 5.92 Å². The van der Waals surface area contributed by atoms with Crippen LogP contribution in [-0.4, -0.2) is 42.0 Å². The van der Waals surface area contributed by atoms with Crippen molar-refractivity contribution in [1.82, 2.24) is 9.88 Å². The van der Waals surface area contributed by atoms with Crippen LogP contribution in [0.25, 0.3) is 10.9 Å². The van der Waals surface area contributed by atoms with Crippen LogP contribution in [0, 0.1) is 5.92 Å². The maximum Gasteiger partial charge on any atom is 0.310 e. The number of aromatic amines is 1. The van der Waals surface area contributed by atoms with E-state index in [4.69, 9.17) is 4.74 Å². The first kappa shape index (κ1) is 13.7. The minimum absolute atomic E-state index is 0.0326. The summed E-state index contributed by atoms with van der Waals surface area (Å²) in [5.41, 5.74) is 2.30. The van der Waals surface area contributed by atoms with Crippen molar-refractivity contribution in [1.29, 1.82) is 0 Å². The number of aromatic nitrogens is 1. The van der Waals surface area contributed by atoms with Gasteiger partial charge in [-0.15, -0.1) is 0 Å². The van der Waals surface area contributed by atoms with Crippen molar-refractivity contribution < 1.29 is 14.3 Å². The maximum atomic E-state index is 11.9. The number of rotatable bonds is 4. The number of benzene rings is 1. The molecule has 1 fully saturated rings. The maximum absolute atomic E-state index is 11.9. The topological polar surface area (TPSA) is 62.4 Å². The van der Waals surface area contributed by atoms with Gasteiger partial charge >= 0.3 is 5.97 Å². The second-order valence-electron chi connectivity index (χ2n) is 5.37. The zero-order valence-electron chi connectivity index (χ0n) is 12.0. The first-order chi connectivity index (χ1) is 10.2. The standard InChI is InChI=1S/C16H18N2O3/c1-21-16(20)12-8-15(19)18(10-12)7-6-11-9-17-14-5-3-2-4-13(11)14/h2-5,9,12,17H,6-8,10H2,1H3/t12-/m1/s1. The molecule has 1 aromatic heterocycles. The third-order valence-electron chi connectivity index (χ3n) is 4.07. The molecule has 3 rings (SSSR count). The summed E-state index contributed by atoms with van der Waals surface area (Å²) in [5, 5.41) is 1.19. The highest BCUT2D eigenvalue weighted by molar-refractivity contribution is 5.87. The van der Waals surface area contributed by atoms with Crippen molar-refractivity contribution in [3.8, 4) is 0 Å². The molecule has 1 saturated heterocycles. The number of carbonyl (C=O) groups is 2. The van der Waals surface area contributed by atoms with Gasteiger partial charge in [0, 0.05) is 36.6 Å². The second-order valence-corrected chi connectivity index (χ2v) is 5.37. The number of methoxy groups -OCH3 is 1. The van der Waals surface area contributed by atoms with Crippen LogP contribution < -0.4 is 0 Å². The number of para-hydroxylation sites is 1. The summed E-state index contributed by atoms with van der Waals surface area (Å²) in [6, 6.07) is 8.11. The smallest absolute Gasteiger partial charge is 0.310 e. The van der Waals surface area contributed by atoms with Crippen molar-refractivity contribution in [3.05, 3.63) is 36.0 Å². The van der Waals surface area contributed by atoms with Gasteiger partial charge in [-0.1, -0.05) is 18.2 Å². The number of fused-ring (bicyclic) bond motifs is 1. The van der Waals surface area contributed by atoms with E-state index in [1.165, 1.54) is 18.1 Å². The molecule has 1 aliphatic rings. The zero-order valence-corrected chi connectivity index (χ0v) is 12.0. The van der Waals surface area contributed by atoms with E-state index in [1.54, 1.807) is 4.90 Å². The average molecular weight is 286 g/mol. The molecule has 1 aromatic carbocycles. The Labute approximate surface area is 122 Å². The number of amides is 1. The van der Waals surface area contributed by atoms with E-state index >= 15 is 0 Å². The monoisotopic (exact) mass is 286 g/mol. The summed E-state index contributed by atoms with van der Waals surface area (Å²) in [6.45, 7) is 1.10. The Morgan fingerprint density at radius 1 is 1.43 bits per heavy atom. The van der Waals surface area contributed by atoms with Crippen LogP contribution in [0.15, 0.2) is 30.5 Å². The normalized spacial score (nSPS) is 18.4. The lowest BCUT2D eigenvalue weighted by Crippen LogP contribution is -2.28. The fourth-order valence-corrected chi connectivity index (χ4v) is 2.91. The molecule has 0 aliphatic carbocycles. The summed E-state index contributed by atoms with van der Waals surface area (Å²) >= 11 is 0. The van der Waals surface area contributed by atoms with Crippen LogP contribution in [0.5, 0.6) is 0 Å². The van der Waals surface area contributed by atoms with Crippen LogP contribution in [0.1, 0.15) is 12.0 Å². The molecule has 110 valence electrons. The van der Waals surface area contributed by atoms with Crippen LogP contribution in [0.2, 0.25) is 0 Å². The molecule has 1 amide bonds. The van der Waals surface area contributed by atoms with E-state index in [2.05, 4.69) is 11.1 Å². The Hall–Kier alpha value is -2.30. The Morgan fingerprint density at radius 3 is 3.05 bits per heavy atom. The van der Waals surface area contributed by atoms with Crippen molar-refractivity contribution in [2.75, 3.05) is 20.2 Å². The van der Waals surface area contributed by atoms with E-state index in [0.717, 1.165) is 11.9 Å². The highest BCUT2D eigenvalue weighted by Crippen LogP contribution is 2.22. The predicted octanol–water partition coefficient (Wildman–Crippen LogP) is 1.73. The van der Waals surface area contributed by atoms with Crippen molar-refractivity contribution >= 4 is 22.8 Å². The Bertz CT molecular complexity index is 677. The molecule has 2 heterocycles. The summed E-state index contributed by atoms with van der Waals surface area (Å²) in [7, 11) is 1.36. The van der Waals surface area contributed by atoms with Gasteiger partial charge in [-0.3, -0.25) is 9.59 Å². The van der Waals surface area contributed by atoms with Gasteiger partial charge in [-0.05, 0) is 18.1 Å². The first-order valence-electron chi connectivity index (χ1n) is 7.09. The highest BCUT2D eigenvalue weighted by atomic mass is 16.5. The third-order valence-corrected chi connectivity index (χ3v) is 4.07. The molecule has 1 N–H and O–H groups in total. The number of likely N-dealkylation sites (tertiary alicyclic amines) is 1.